The first-order valence-corrected chi connectivity index (χ1v) is 6.83. The van der Waals surface area contributed by atoms with Crippen molar-refractivity contribution >= 4 is 30.3 Å². The van der Waals surface area contributed by atoms with E-state index in [-0.39, 0.29) is 5.15 Å². The first kappa shape index (κ1) is 15.1. The van der Waals surface area contributed by atoms with Crippen molar-refractivity contribution in [3.8, 4) is 0 Å². The van der Waals surface area contributed by atoms with Crippen molar-refractivity contribution in [2.45, 2.75) is 44.8 Å². The van der Waals surface area contributed by atoms with Crippen LogP contribution in [0.5, 0.6) is 0 Å². The third-order valence-corrected chi connectivity index (χ3v) is 4.28. The third-order valence-electron chi connectivity index (χ3n) is 3.77. The van der Waals surface area contributed by atoms with Crippen molar-refractivity contribution in [2.24, 2.45) is 5.73 Å². The number of aromatic nitrogens is 1. The van der Waals surface area contributed by atoms with Gasteiger partial charge in [-0.3, -0.25) is 0 Å². The molecule has 104 valence electrons. The number of hydrogen-bond donors (Lipinski definition) is 1. The van der Waals surface area contributed by atoms with E-state index in [1.807, 2.05) is 27.7 Å². The first-order valence-electron chi connectivity index (χ1n) is 6.07. The highest BCUT2D eigenvalue weighted by Gasteiger charge is 2.53. The van der Waals surface area contributed by atoms with Crippen molar-refractivity contribution in [1.29, 1.82) is 0 Å². The van der Waals surface area contributed by atoms with Crippen LogP contribution >= 0.6 is 23.2 Å². The van der Waals surface area contributed by atoms with Gasteiger partial charge in [0.1, 0.15) is 10.3 Å². The van der Waals surface area contributed by atoms with E-state index in [1.165, 1.54) is 0 Å². The summed E-state index contributed by atoms with van der Waals surface area (Å²) in [6.45, 7) is 7.89. The highest BCUT2D eigenvalue weighted by molar-refractivity contribution is 6.48. The predicted molar refractivity (Wildman–Crippen MR) is 77.3 cm³/mol. The molecular weight excluding hydrogens is 286 g/mol. The molecule has 7 heteroatoms. The summed E-state index contributed by atoms with van der Waals surface area (Å²) >= 11 is 11.8. The first-order chi connectivity index (χ1) is 8.64. The summed E-state index contributed by atoms with van der Waals surface area (Å²) in [7, 11) is -0.564. The molecule has 0 saturated carbocycles. The molecule has 19 heavy (non-hydrogen) atoms. The molecule has 2 rings (SSSR count). The molecule has 1 fully saturated rings. The van der Waals surface area contributed by atoms with Crippen LogP contribution in [0, 0.1) is 0 Å². The van der Waals surface area contributed by atoms with Gasteiger partial charge in [0.05, 0.1) is 17.1 Å². The Morgan fingerprint density at radius 1 is 1.16 bits per heavy atom. The molecule has 0 bridgehead atoms. The van der Waals surface area contributed by atoms with Gasteiger partial charge in [0, 0.05) is 5.56 Å². The molecule has 0 spiro atoms. The van der Waals surface area contributed by atoms with Gasteiger partial charge in [-0.2, -0.15) is 0 Å². The summed E-state index contributed by atoms with van der Waals surface area (Å²) in [5.74, 6) is -0.515. The molecule has 1 saturated heterocycles. The third kappa shape index (κ3) is 2.76. The lowest BCUT2D eigenvalue weighted by Gasteiger charge is -2.32. The Kier molecular flexibility index (Phi) is 3.89. The minimum atomic E-state index is -0.564. The fraction of sp³-hybridized carbons (Fsp3) is 0.583. The molecule has 0 aliphatic carbocycles. The maximum atomic E-state index is 6.18. The van der Waals surface area contributed by atoms with Gasteiger partial charge >= 0.3 is 7.12 Å². The van der Waals surface area contributed by atoms with Crippen LogP contribution < -0.4 is 5.73 Å². The van der Waals surface area contributed by atoms with Crippen molar-refractivity contribution in [3.05, 3.63) is 28.0 Å². The monoisotopic (exact) mass is 302 g/mol. The fourth-order valence-corrected chi connectivity index (χ4v) is 2.32. The number of halogens is 2. The molecule has 0 aromatic carbocycles. The minimum absolute atomic E-state index is 0.273. The van der Waals surface area contributed by atoms with Gasteiger partial charge < -0.3 is 15.0 Å². The highest BCUT2D eigenvalue weighted by atomic mass is 35.5. The SMILES string of the molecule is CC1(C)OB([C@H](N)c2ccc(Cl)nc2Cl)OC1(C)C. The largest absolute Gasteiger partial charge is 0.480 e. The van der Waals surface area contributed by atoms with Crippen molar-refractivity contribution in [3.63, 3.8) is 0 Å². The topological polar surface area (TPSA) is 57.4 Å². The summed E-state index contributed by atoms with van der Waals surface area (Å²) in [5, 5.41) is 0.601. The zero-order chi connectivity index (χ0) is 14.4. The second-order valence-corrected chi connectivity index (χ2v) is 6.41. The zero-order valence-corrected chi connectivity index (χ0v) is 12.9. The number of hydrogen-bond acceptors (Lipinski definition) is 4. The normalized spacial score (nSPS) is 22.6. The standard InChI is InChI=1S/C12H17BCl2N2O2/c1-11(2)12(3,4)19-13(18-11)9(16)7-5-6-8(14)17-10(7)15/h5-6,9H,16H2,1-4H3/t9-/m1/s1. The zero-order valence-electron chi connectivity index (χ0n) is 11.4. The van der Waals surface area contributed by atoms with E-state index in [0.29, 0.717) is 10.7 Å². The Morgan fingerprint density at radius 3 is 2.16 bits per heavy atom. The Bertz CT molecular complexity index is 481. The summed E-state index contributed by atoms with van der Waals surface area (Å²) in [6, 6.07) is 3.39. The Hall–Kier alpha value is -0.325. The van der Waals surface area contributed by atoms with Gasteiger partial charge in [-0.05, 0) is 33.8 Å². The fourth-order valence-electron chi connectivity index (χ4n) is 1.85. The van der Waals surface area contributed by atoms with Gasteiger partial charge in [-0.25, -0.2) is 4.98 Å². The van der Waals surface area contributed by atoms with Crippen LogP contribution in [-0.2, 0) is 9.31 Å². The van der Waals surface area contributed by atoms with Crippen LogP contribution in [0.25, 0.3) is 0 Å². The number of rotatable bonds is 2. The smallest absolute Gasteiger partial charge is 0.402 e. The molecule has 4 nitrogen and oxygen atoms in total. The van der Waals surface area contributed by atoms with Crippen LogP contribution in [0.4, 0.5) is 0 Å². The Labute approximate surface area is 123 Å². The van der Waals surface area contributed by atoms with E-state index >= 15 is 0 Å². The lowest BCUT2D eigenvalue weighted by atomic mass is 9.75. The van der Waals surface area contributed by atoms with Gasteiger partial charge in [0.15, 0.2) is 0 Å². The molecule has 1 aromatic heterocycles. The van der Waals surface area contributed by atoms with Gasteiger partial charge in [-0.1, -0.05) is 29.3 Å². The molecule has 1 aliphatic heterocycles. The second kappa shape index (κ2) is 4.90. The van der Waals surface area contributed by atoms with Crippen LogP contribution in [0.2, 0.25) is 10.3 Å². The molecule has 2 N–H and O–H groups in total. The molecule has 1 aliphatic rings. The highest BCUT2D eigenvalue weighted by Crippen LogP contribution is 2.40. The number of nitrogens with zero attached hydrogens (tertiary/aromatic N) is 1. The maximum Gasteiger partial charge on any atom is 0.480 e. The quantitative estimate of drug-likeness (QED) is 0.674. The predicted octanol–water partition coefficient (Wildman–Crippen LogP) is 3.02. The summed E-state index contributed by atoms with van der Waals surface area (Å²) in [6.07, 6.45) is 0. The van der Waals surface area contributed by atoms with Crippen LogP contribution in [0.1, 0.15) is 39.2 Å². The minimum Gasteiger partial charge on any atom is -0.402 e. The van der Waals surface area contributed by atoms with Gasteiger partial charge in [0.2, 0.25) is 0 Å². The summed E-state index contributed by atoms with van der Waals surface area (Å²) in [4.78, 5) is 3.98. The lowest BCUT2D eigenvalue weighted by molar-refractivity contribution is 0.00578. The molecule has 1 atom stereocenters. The number of pyridine rings is 1. The Balaban J connectivity index is 2.24. The average molecular weight is 303 g/mol. The van der Waals surface area contributed by atoms with Crippen LogP contribution in [0.3, 0.4) is 0 Å². The summed E-state index contributed by atoms with van der Waals surface area (Å²) in [5.41, 5.74) is 5.97. The average Bonchev–Trinajstić information content (AvgIpc) is 2.47. The van der Waals surface area contributed by atoms with E-state index in [1.54, 1.807) is 12.1 Å². The van der Waals surface area contributed by atoms with Crippen LogP contribution in [0.15, 0.2) is 12.1 Å². The van der Waals surface area contributed by atoms with Gasteiger partial charge in [0.25, 0.3) is 0 Å². The lowest BCUT2D eigenvalue weighted by Crippen LogP contribution is -2.41. The molecule has 2 heterocycles. The van der Waals surface area contributed by atoms with E-state index in [0.717, 1.165) is 0 Å². The Morgan fingerprint density at radius 2 is 1.68 bits per heavy atom. The molecule has 0 unspecified atom stereocenters. The van der Waals surface area contributed by atoms with E-state index < -0.39 is 24.3 Å². The maximum absolute atomic E-state index is 6.18. The molecule has 0 amide bonds. The van der Waals surface area contributed by atoms with Crippen LogP contribution in [-0.4, -0.2) is 23.3 Å². The van der Waals surface area contributed by atoms with E-state index in [2.05, 4.69) is 4.98 Å². The second-order valence-electron chi connectivity index (χ2n) is 5.66. The molecular formula is C12H17BCl2N2O2. The molecule has 0 radical (unpaired) electrons. The van der Waals surface area contributed by atoms with Crippen molar-refractivity contribution in [1.82, 2.24) is 4.98 Å². The van der Waals surface area contributed by atoms with Crippen molar-refractivity contribution in [2.75, 3.05) is 0 Å². The number of nitrogens with two attached hydrogens (primary N) is 1. The van der Waals surface area contributed by atoms with Crippen molar-refractivity contribution < 1.29 is 9.31 Å². The molecule has 1 aromatic rings. The van der Waals surface area contributed by atoms with E-state index in [9.17, 15) is 0 Å². The van der Waals surface area contributed by atoms with E-state index in [4.69, 9.17) is 38.2 Å². The van der Waals surface area contributed by atoms with Gasteiger partial charge in [-0.15, -0.1) is 0 Å². The summed E-state index contributed by atoms with van der Waals surface area (Å²) < 4.78 is 11.8.